The molecule has 0 N–H and O–H groups in total. The third-order valence-corrected chi connectivity index (χ3v) is 4.99. The van der Waals surface area contributed by atoms with Crippen LogP contribution in [-0.4, -0.2) is 24.1 Å². The second kappa shape index (κ2) is 6.95. The molecule has 3 heteroatoms. The fourth-order valence-electron chi connectivity index (χ4n) is 3.00. The lowest BCUT2D eigenvalue weighted by Gasteiger charge is -2.23. The molecule has 1 aromatic rings. The molecule has 1 aliphatic heterocycles. The van der Waals surface area contributed by atoms with Crippen molar-refractivity contribution >= 4 is 15.9 Å². The zero-order valence-electron chi connectivity index (χ0n) is 12.7. The van der Waals surface area contributed by atoms with Gasteiger partial charge in [-0.25, -0.2) is 0 Å². The lowest BCUT2D eigenvalue weighted by Crippen LogP contribution is -2.22. The average Bonchev–Trinajstić information content (AvgIpc) is 2.77. The average molecular weight is 341 g/mol. The molecule has 0 aliphatic carbocycles. The molecule has 0 bridgehead atoms. The molecule has 0 radical (unpaired) electrons. The van der Waals surface area contributed by atoms with Crippen LogP contribution in [0.4, 0.5) is 0 Å². The predicted octanol–water partition coefficient (Wildman–Crippen LogP) is 4.60. The number of hydrogen-bond donors (Lipinski definition) is 0. The van der Waals surface area contributed by atoms with Crippen molar-refractivity contribution in [3.63, 3.8) is 0 Å². The fraction of sp³-hybridized carbons (Fsp3) is 0.647. The van der Waals surface area contributed by atoms with E-state index in [1.807, 2.05) is 12.1 Å². The number of ether oxygens (including phenoxy) is 2. The van der Waals surface area contributed by atoms with E-state index in [4.69, 9.17) is 9.47 Å². The minimum Gasteiger partial charge on any atom is -0.496 e. The summed E-state index contributed by atoms with van der Waals surface area (Å²) in [6.45, 7) is 4.38. The van der Waals surface area contributed by atoms with Crippen molar-refractivity contribution in [3.8, 4) is 5.75 Å². The smallest absolute Gasteiger partial charge is 0.122 e. The maximum absolute atomic E-state index is 6.12. The first-order chi connectivity index (χ1) is 9.54. The number of hydrogen-bond acceptors (Lipinski definition) is 2. The van der Waals surface area contributed by atoms with E-state index in [0.717, 1.165) is 23.9 Å². The Kier molecular flexibility index (Phi) is 5.50. The van der Waals surface area contributed by atoms with Gasteiger partial charge in [0.25, 0.3) is 0 Å². The minimum atomic E-state index is 0.0615. The summed E-state index contributed by atoms with van der Waals surface area (Å²) in [6.07, 6.45) is 4.91. The number of benzene rings is 1. The molecular weight excluding hydrogens is 316 g/mol. The van der Waals surface area contributed by atoms with Crippen LogP contribution in [0.2, 0.25) is 0 Å². The van der Waals surface area contributed by atoms with Crippen LogP contribution in [0.3, 0.4) is 0 Å². The summed E-state index contributed by atoms with van der Waals surface area (Å²) in [4.78, 5) is 0. The summed E-state index contributed by atoms with van der Waals surface area (Å²) < 4.78 is 11.6. The summed E-state index contributed by atoms with van der Waals surface area (Å²) in [6, 6.07) is 8.30. The topological polar surface area (TPSA) is 18.5 Å². The third kappa shape index (κ3) is 4.23. The molecule has 0 spiro atoms. The summed E-state index contributed by atoms with van der Waals surface area (Å²) >= 11 is 3.66. The molecule has 2 atom stereocenters. The zero-order valence-corrected chi connectivity index (χ0v) is 14.3. The monoisotopic (exact) mass is 340 g/mol. The van der Waals surface area contributed by atoms with Crippen molar-refractivity contribution in [2.75, 3.05) is 12.4 Å². The van der Waals surface area contributed by atoms with Crippen LogP contribution in [0, 0.1) is 5.92 Å². The molecule has 1 fully saturated rings. The Labute approximate surface area is 131 Å². The molecule has 1 heterocycles. The fourth-order valence-corrected chi connectivity index (χ4v) is 3.49. The molecule has 1 aliphatic rings. The van der Waals surface area contributed by atoms with Crippen LogP contribution in [0.5, 0.6) is 5.75 Å². The lowest BCUT2D eigenvalue weighted by molar-refractivity contribution is -0.0233. The third-order valence-electron chi connectivity index (χ3n) is 4.07. The summed E-state index contributed by atoms with van der Waals surface area (Å²) in [5.74, 6) is 1.58. The van der Waals surface area contributed by atoms with E-state index in [0.29, 0.717) is 12.0 Å². The van der Waals surface area contributed by atoms with Gasteiger partial charge in [0.15, 0.2) is 0 Å². The summed E-state index contributed by atoms with van der Waals surface area (Å²) in [7, 11) is 1.74. The Hall–Kier alpha value is -0.540. The van der Waals surface area contributed by atoms with Gasteiger partial charge in [0.2, 0.25) is 0 Å². The highest BCUT2D eigenvalue weighted by Gasteiger charge is 2.32. The summed E-state index contributed by atoms with van der Waals surface area (Å²) in [5.41, 5.74) is 1.35. The first-order valence-corrected chi connectivity index (χ1v) is 8.52. The van der Waals surface area contributed by atoms with Crippen molar-refractivity contribution in [1.82, 2.24) is 0 Å². The standard InChI is InChI=1S/C17H25BrO2/c1-17(2)9-8-15(20-17)11-13(12-18)10-14-6-4-5-7-16(14)19-3/h4-7,13,15H,8-12H2,1-3H3. The van der Waals surface area contributed by atoms with Gasteiger partial charge in [-0.3, -0.25) is 0 Å². The van der Waals surface area contributed by atoms with E-state index in [2.05, 4.69) is 41.9 Å². The predicted molar refractivity (Wildman–Crippen MR) is 86.8 cm³/mol. The van der Waals surface area contributed by atoms with Gasteiger partial charge in [-0.15, -0.1) is 0 Å². The highest BCUT2D eigenvalue weighted by atomic mass is 79.9. The molecule has 0 saturated carbocycles. The molecule has 0 aromatic heterocycles. The Bertz CT molecular complexity index is 431. The molecular formula is C17H25BrO2. The van der Waals surface area contributed by atoms with Gasteiger partial charge in [-0.1, -0.05) is 34.1 Å². The Morgan fingerprint density at radius 1 is 1.40 bits per heavy atom. The Morgan fingerprint density at radius 3 is 2.75 bits per heavy atom. The highest BCUT2D eigenvalue weighted by Crippen LogP contribution is 2.34. The van der Waals surface area contributed by atoms with Crippen LogP contribution < -0.4 is 4.74 Å². The molecule has 0 amide bonds. The van der Waals surface area contributed by atoms with Crippen LogP contribution in [-0.2, 0) is 11.2 Å². The van der Waals surface area contributed by atoms with Gasteiger partial charge in [0.1, 0.15) is 5.75 Å². The molecule has 112 valence electrons. The van der Waals surface area contributed by atoms with Gasteiger partial charge in [-0.2, -0.15) is 0 Å². The van der Waals surface area contributed by atoms with E-state index in [1.54, 1.807) is 7.11 Å². The van der Waals surface area contributed by atoms with Gasteiger partial charge < -0.3 is 9.47 Å². The van der Waals surface area contributed by atoms with Gasteiger partial charge >= 0.3 is 0 Å². The van der Waals surface area contributed by atoms with Crippen LogP contribution in [0.15, 0.2) is 24.3 Å². The normalized spacial score (nSPS) is 22.7. The second-order valence-corrected chi connectivity index (χ2v) is 6.96. The minimum absolute atomic E-state index is 0.0615. The first-order valence-electron chi connectivity index (χ1n) is 7.40. The molecule has 2 nitrogen and oxygen atoms in total. The molecule has 2 unspecified atom stereocenters. The number of rotatable bonds is 6. The summed E-state index contributed by atoms with van der Waals surface area (Å²) in [5, 5.41) is 1.01. The zero-order chi connectivity index (χ0) is 14.6. The largest absolute Gasteiger partial charge is 0.496 e. The molecule has 2 rings (SSSR count). The van der Waals surface area contributed by atoms with E-state index < -0.39 is 0 Å². The van der Waals surface area contributed by atoms with E-state index >= 15 is 0 Å². The van der Waals surface area contributed by atoms with Crippen molar-refractivity contribution in [2.45, 2.75) is 51.2 Å². The van der Waals surface area contributed by atoms with Crippen LogP contribution in [0.1, 0.15) is 38.7 Å². The van der Waals surface area contributed by atoms with Crippen molar-refractivity contribution in [3.05, 3.63) is 29.8 Å². The molecule has 1 saturated heterocycles. The Morgan fingerprint density at radius 2 is 2.15 bits per heavy atom. The van der Waals surface area contributed by atoms with Gasteiger partial charge in [-0.05, 0) is 57.1 Å². The number of para-hydroxylation sites is 1. The first kappa shape index (κ1) is 15.8. The van der Waals surface area contributed by atoms with Crippen LogP contribution in [0.25, 0.3) is 0 Å². The highest BCUT2D eigenvalue weighted by molar-refractivity contribution is 9.09. The van der Waals surface area contributed by atoms with E-state index in [-0.39, 0.29) is 5.60 Å². The van der Waals surface area contributed by atoms with Crippen molar-refractivity contribution < 1.29 is 9.47 Å². The maximum atomic E-state index is 6.12. The number of alkyl halides is 1. The van der Waals surface area contributed by atoms with Gasteiger partial charge in [0, 0.05) is 5.33 Å². The Balaban J connectivity index is 1.95. The van der Waals surface area contributed by atoms with E-state index in [1.165, 1.54) is 18.4 Å². The van der Waals surface area contributed by atoms with Crippen molar-refractivity contribution in [2.24, 2.45) is 5.92 Å². The number of methoxy groups -OCH3 is 1. The maximum Gasteiger partial charge on any atom is 0.122 e. The molecule has 20 heavy (non-hydrogen) atoms. The lowest BCUT2D eigenvalue weighted by atomic mass is 9.93. The SMILES string of the molecule is COc1ccccc1CC(CBr)CC1CCC(C)(C)O1. The molecule has 1 aromatic carbocycles. The van der Waals surface area contributed by atoms with E-state index in [9.17, 15) is 0 Å². The van der Waals surface area contributed by atoms with Crippen molar-refractivity contribution in [1.29, 1.82) is 0 Å². The number of halogens is 1. The quantitative estimate of drug-likeness (QED) is 0.704. The van der Waals surface area contributed by atoms with Crippen LogP contribution >= 0.6 is 15.9 Å². The second-order valence-electron chi connectivity index (χ2n) is 6.31. The van der Waals surface area contributed by atoms with Gasteiger partial charge in [0.05, 0.1) is 18.8 Å².